The average Bonchev–Trinajstić information content (AvgIpc) is 2.92. The van der Waals surface area contributed by atoms with E-state index in [1.807, 2.05) is 12.1 Å². The monoisotopic (exact) mass is 291 g/mol. The van der Waals surface area contributed by atoms with Crippen molar-refractivity contribution in [3.8, 4) is 0 Å². The molecule has 0 amide bonds. The third kappa shape index (κ3) is 4.10. The second kappa shape index (κ2) is 7.31. The molecule has 7 nitrogen and oxygen atoms in total. The highest BCUT2D eigenvalue weighted by molar-refractivity contribution is 5.42. The second-order valence-electron chi connectivity index (χ2n) is 5.63. The summed E-state index contributed by atoms with van der Waals surface area (Å²) in [6.45, 7) is 12.0. The Hall–Kier alpha value is -1.76. The van der Waals surface area contributed by atoms with Crippen molar-refractivity contribution >= 4 is 11.5 Å². The summed E-state index contributed by atoms with van der Waals surface area (Å²) in [5.41, 5.74) is 0.656. The van der Waals surface area contributed by atoms with Gasteiger partial charge in [-0.3, -0.25) is 4.90 Å². The number of rotatable bonds is 8. The van der Waals surface area contributed by atoms with Gasteiger partial charge in [-0.1, -0.05) is 27.7 Å². The molecule has 0 saturated carbocycles. The van der Waals surface area contributed by atoms with Crippen molar-refractivity contribution in [1.29, 1.82) is 0 Å². The van der Waals surface area contributed by atoms with Crippen LogP contribution < -0.4 is 5.32 Å². The fourth-order valence-electron chi connectivity index (χ4n) is 2.61. The minimum atomic E-state index is 0.506. The lowest BCUT2D eigenvalue weighted by atomic mass is 10.0. The van der Waals surface area contributed by atoms with E-state index in [-0.39, 0.29) is 0 Å². The molecular weight excluding hydrogens is 266 g/mol. The third-order valence-electron chi connectivity index (χ3n) is 3.66. The van der Waals surface area contributed by atoms with Crippen molar-refractivity contribution in [1.82, 2.24) is 30.2 Å². The predicted octanol–water partition coefficient (Wildman–Crippen LogP) is 1.69. The Morgan fingerprint density at radius 2 is 2.00 bits per heavy atom. The van der Waals surface area contributed by atoms with Crippen LogP contribution in [0.3, 0.4) is 0 Å². The molecule has 2 rings (SSSR count). The van der Waals surface area contributed by atoms with E-state index in [0.29, 0.717) is 17.6 Å². The fourth-order valence-corrected chi connectivity index (χ4v) is 2.61. The zero-order chi connectivity index (χ0) is 15.2. The molecule has 1 N–H and O–H groups in total. The van der Waals surface area contributed by atoms with Crippen molar-refractivity contribution in [3.05, 3.63) is 12.1 Å². The van der Waals surface area contributed by atoms with E-state index < -0.39 is 0 Å². The molecule has 2 aromatic rings. The van der Waals surface area contributed by atoms with Crippen LogP contribution in [0.5, 0.6) is 0 Å². The number of aromatic nitrogens is 5. The largest absolute Gasteiger partial charge is 0.367 e. The first-order chi connectivity index (χ1) is 10.1. The van der Waals surface area contributed by atoms with Crippen LogP contribution in [0.25, 0.3) is 5.65 Å². The van der Waals surface area contributed by atoms with Crippen LogP contribution in [-0.2, 0) is 0 Å². The highest BCUT2D eigenvalue weighted by Gasteiger charge is 2.17. The molecule has 0 fully saturated rings. The molecule has 0 radical (unpaired) electrons. The van der Waals surface area contributed by atoms with E-state index in [4.69, 9.17) is 0 Å². The summed E-state index contributed by atoms with van der Waals surface area (Å²) in [4.78, 5) is 2.49. The normalized spacial score (nSPS) is 13.2. The Balaban J connectivity index is 2.02. The van der Waals surface area contributed by atoms with E-state index in [0.717, 1.165) is 25.5 Å². The molecule has 0 aliphatic heterocycles. The quantitative estimate of drug-likeness (QED) is 0.798. The van der Waals surface area contributed by atoms with Crippen molar-refractivity contribution in [3.63, 3.8) is 0 Å². The van der Waals surface area contributed by atoms with Gasteiger partial charge in [0.05, 0.1) is 0 Å². The van der Waals surface area contributed by atoms with Crippen LogP contribution in [0.4, 0.5) is 5.82 Å². The van der Waals surface area contributed by atoms with Gasteiger partial charge in [0.1, 0.15) is 5.82 Å². The van der Waals surface area contributed by atoms with Gasteiger partial charge in [-0.15, -0.1) is 14.8 Å². The number of tetrazole rings is 1. The van der Waals surface area contributed by atoms with Gasteiger partial charge in [-0.05, 0) is 48.0 Å². The SMILES string of the molecule is CCN(CC)C(CNc1ccc2nnnn2n1)CC(C)C. The number of likely N-dealkylation sites (N-methyl/N-ethyl adjacent to an activating group) is 1. The maximum absolute atomic E-state index is 4.35. The highest BCUT2D eigenvalue weighted by atomic mass is 15.6. The number of nitrogens with zero attached hydrogens (tertiary/aromatic N) is 6. The molecule has 2 heterocycles. The van der Waals surface area contributed by atoms with Crippen LogP contribution in [0.1, 0.15) is 34.1 Å². The molecule has 116 valence electrons. The Labute approximate surface area is 125 Å². The van der Waals surface area contributed by atoms with Crippen molar-refractivity contribution in [2.45, 2.75) is 40.2 Å². The van der Waals surface area contributed by atoms with E-state index in [1.165, 1.54) is 11.1 Å². The van der Waals surface area contributed by atoms with Crippen LogP contribution in [0.2, 0.25) is 0 Å². The van der Waals surface area contributed by atoms with Crippen LogP contribution >= 0.6 is 0 Å². The van der Waals surface area contributed by atoms with Gasteiger partial charge < -0.3 is 5.32 Å². The number of nitrogens with one attached hydrogen (secondary N) is 1. The van der Waals surface area contributed by atoms with Gasteiger partial charge in [-0.25, -0.2) is 0 Å². The zero-order valence-electron chi connectivity index (χ0n) is 13.3. The highest BCUT2D eigenvalue weighted by Crippen LogP contribution is 2.13. The Morgan fingerprint density at radius 3 is 2.67 bits per heavy atom. The first kappa shape index (κ1) is 15.6. The second-order valence-corrected chi connectivity index (χ2v) is 5.63. The maximum Gasteiger partial charge on any atom is 0.200 e. The first-order valence-corrected chi connectivity index (χ1v) is 7.67. The van der Waals surface area contributed by atoms with Crippen molar-refractivity contribution in [2.75, 3.05) is 25.0 Å². The van der Waals surface area contributed by atoms with E-state index in [2.05, 4.69) is 58.5 Å². The third-order valence-corrected chi connectivity index (χ3v) is 3.66. The Kier molecular flexibility index (Phi) is 5.44. The van der Waals surface area contributed by atoms with Gasteiger partial charge in [0, 0.05) is 12.6 Å². The summed E-state index contributed by atoms with van der Waals surface area (Å²) < 4.78 is 1.44. The number of hydrogen-bond donors (Lipinski definition) is 1. The Morgan fingerprint density at radius 1 is 1.24 bits per heavy atom. The molecule has 7 heteroatoms. The molecule has 0 saturated heterocycles. The summed E-state index contributed by atoms with van der Waals surface area (Å²) in [6, 6.07) is 4.29. The lowest BCUT2D eigenvalue weighted by Gasteiger charge is -2.31. The molecule has 21 heavy (non-hydrogen) atoms. The zero-order valence-corrected chi connectivity index (χ0v) is 13.3. The minimum absolute atomic E-state index is 0.506. The lowest BCUT2D eigenvalue weighted by molar-refractivity contribution is 0.199. The van der Waals surface area contributed by atoms with Crippen molar-refractivity contribution < 1.29 is 0 Å². The predicted molar refractivity (Wildman–Crippen MR) is 83.2 cm³/mol. The van der Waals surface area contributed by atoms with E-state index in [1.54, 1.807) is 0 Å². The molecule has 1 unspecified atom stereocenters. The van der Waals surface area contributed by atoms with Gasteiger partial charge in [0.15, 0.2) is 5.65 Å². The number of anilines is 1. The van der Waals surface area contributed by atoms with Gasteiger partial charge >= 0.3 is 0 Å². The molecule has 2 aromatic heterocycles. The smallest absolute Gasteiger partial charge is 0.200 e. The van der Waals surface area contributed by atoms with Crippen LogP contribution in [-0.4, -0.2) is 55.8 Å². The molecule has 0 aliphatic carbocycles. The summed E-state index contributed by atoms with van der Waals surface area (Å²) >= 11 is 0. The van der Waals surface area contributed by atoms with Gasteiger partial charge in [-0.2, -0.15) is 0 Å². The maximum atomic E-state index is 4.35. The summed E-state index contributed by atoms with van der Waals surface area (Å²) in [6.07, 6.45) is 1.17. The Bertz CT molecular complexity index is 547. The van der Waals surface area contributed by atoms with Gasteiger partial charge in [0.25, 0.3) is 0 Å². The lowest BCUT2D eigenvalue weighted by Crippen LogP contribution is -2.41. The van der Waals surface area contributed by atoms with E-state index >= 15 is 0 Å². The summed E-state index contributed by atoms with van der Waals surface area (Å²) in [7, 11) is 0. The topological polar surface area (TPSA) is 71.2 Å². The molecule has 0 aromatic carbocycles. The fraction of sp³-hybridized carbons (Fsp3) is 0.714. The van der Waals surface area contributed by atoms with Crippen LogP contribution in [0, 0.1) is 5.92 Å². The van der Waals surface area contributed by atoms with E-state index in [9.17, 15) is 0 Å². The molecule has 0 aliphatic rings. The molecule has 0 bridgehead atoms. The average molecular weight is 291 g/mol. The number of fused-ring (bicyclic) bond motifs is 1. The van der Waals surface area contributed by atoms with Crippen molar-refractivity contribution in [2.24, 2.45) is 5.92 Å². The molecule has 0 spiro atoms. The summed E-state index contributed by atoms with van der Waals surface area (Å²) in [5, 5.41) is 19.0. The number of hydrogen-bond acceptors (Lipinski definition) is 6. The standard InChI is InChI=1S/C14H25N7/c1-5-20(6-2)12(9-11(3)4)10-15-13-7-8-14-16-18-19-21(14)17-13/h7-8,11-12H,5-6,9-10H2,1-4H3,(H,15,17). The minimum Gasteiger partial charge on any atom is -0.367 e. The molecule has 1 atom stereocenters. The summed E-state index contributed by atoms with van der Waals surface area (Å²) in [5.74, 6) is 1.48. The first-order valence-electron chi connectivity index (χ1n) is 7.67. The molecular formula is C14H25N7. The van der Waals surface area contributed by atoms with Crippen LogP contribution in [0.15, 0.2) is 12.1 Å². The van der Waals surface area contributed by atoms with Gasteiger partial charge in [0.2, 0.25) is 0 Å².